The summed E-state index contributed by atoms with van der Waals surface area (Å²) in [6.45, 7) is 1.24. The molecule has 0 aliphatic carbocycles. The Morgan fingerprint density at radius 2 is 1.32 bits per heavy atom. The van der Waals surface area contributed by atoms with Crippen molar-refractivity contribution in [3.05, 3.63) is 133 Å². The van der Waals surface area contributed by atoms with E-state index in [0.717, 1.165) is 87.9 Å². The number of H-pyrrole nitrogens is 2. The molecule has 57 heavy (non-hydrogen) atoms. The summed E-state index contributed by atoms with van der Waals surface area (Å²) >= 11 is 0. The number of amides is 4. The Morgan fingerprint density at radius 3 is 1.89 bits per heavy atom. The lowest BCUT2D eigenvalue weighted by molar-refractivity contribution is -0.131. The number of nitrogens with one attached hydrogen (secondary N) is 3. The third kappa shape index (κ3) is 7.15. The van der Waals surface area contributed by atoms with Gasteiger partial charge in [-0.05, 0) is 96.0 Å². The maximum Gasteiger partial charge on any atom is 0.426 e. The molecule has 0 spiro atoms. The molecule has 13 nitrogen and oxygen atoms in total. The van der Waals surface area contributed by atoms with E-state index in [-0.39, 0.29) is 24.0 Å². The van der Waals surface area contributed by atoms with E-state index in [2.05, 4.69) is 68.9 Å². The van der Waals surface area contributed by atoms with Crippen LogP contribution < -0.4 is 10.4 Å². The number of pyridine rings is 1. The second-order valence-corrected chi connectivity index (χ2v) is 14.5. The van der Waals surface area contributed by atoms with E-state index in [4.69, 9.17) is 14.7 Å². The quantitative estimate of drug-likeness (QED) is 0.139. The molecule has 0 unspecified atom stereocenters. The van der Waals surface area contributed by atoms with Crippen LogP contribution in [0.15, 0.2) is 116 Å². The molecule has 0 radical (unpaired) electrons. The average Bonchev–Trinajstić information content (AvgIpc) is 4.08. The van der Waals surface area contributed by atoms with Gasteiger partial charge in [-0.1, -0.05) is 60.7 Å². The number of likely N-dealkylation sites (tertiary alicyclic amines) is 2. The summed E-state index contributed by atoms with van der Waals surface area (Å²) in [4.78, 5) is 64.0. The number of hydrazine groups is 1. The number of carbonyl (C=O) groups is 3. The SMILES string of the molecule is COC(=O)NN(C(=O)N1CCC[C@H]1c1nc2ccc(-c3ccc(-c4ccc5nc([C@@H]6CCCN6C(=O)Cc6cccnc6)[nH]c5c4)cc3)cc2[nH]1)c1ccccc1. The van der Waals surface area contributed by atoms with Crippen molar-refractivity contribution in [2.75, 3.05) is 25.2 Å². The monoisotopic (exact) mass is 759 g/mol. The fraction of sp³-hybridized carbons (Fsp3) is 0.227. The van der Waals surface area contributed by atoms with Crippen LogP contribution in [0, 0.1) is 0 Å². The molecule has 4 aromatic carbocycles. The van der Waals surface area contributed by atoms with Crippen LogP contribution in [0.5, 0.6) is 0 Å². The number of rotatable bonds is 7. The van der Waals surface area contributed by atoms with E-state index in [1.807, 2.05) is 35.2 Å². The average molecular weight is 760 g/mol. The molecular formula is C44H41N9O4. The molecule has 5 heterocycles. The van der Waals surface area contributed by atoms with E-state index < -0.39 is 6.09 Å². The highest BCUT2D eigenvalue weighted by Gasteiger charge is 2.36. The summed E-state index contributed by atoms with van der Waals surface area (Å²) < 4.78 is 4.80. The topological polar surface area (TPSA) is 152 Å². The number of ether oxygens (including phenoxy) is 1. The maximum atomic E-state index is 13.9. The Balaban J connectivity index is 0.907. The summed E-state index contributed by atoms with van der Waals surface area (Å²) in [6, 6.07) is 32.9. The summed E-state index contributed by atoms with van der Waals surface area (Å²) in [5, 5.41) is 1.22. The van der Waals surface area contributed by atoms with Gasteiger partial charge in [0, 0.05) is 25.5 Å². The van der Waals surface area contributed by atoms with Gasteiger partial charge in [0.15, 0.2) is 0 Å². The zero-order chi connectivity index (χ0) is 38.9. The van der Waals surface area contributed by atoms with Gasteiger partial charge in [-0.2, -0.15) is 5.01 Å². The second kappa shape index (κ2) is 15.3. The van der Waals surface area contributed by atoms with Crippen LogP contribution in [0.2, 0.25) is 0 Å². The van der Waals surface area contributed by atoms with Gasteiger partial charge in [0.1, 0.15) is 11.6 Å². The molecule has 3 N–H and O–H groups in total. The number of aromatic nitrogens is 5. The van der Waals surface area contributed by atoms with Gasteiger partial charge in [-0.15, -0.1) is 0 Å². The van der Waals surface area contributed by atoms with Gasteiger partial charge in [-0.3, -0.25) is 9.78 Å². The van der Waals surface area contributed by atoms with Gasteiger partial charge in [0.05, 0.1) is 53.4 Å². The molecule has 4 amide bonds. The first-order valence-electron chi connectivity index (χ1n) is 19.2. The second-order valence-electron chi connectivity index (χ2n) is 14.5. The zero-order valence-corrected chi connectivity index (χ0v) is 31.4. The standard InChI is InChI=1S/C44H41N9O4/c1-57-43(55)50-53(33-9-3-2-4-10-33)44(56)52-23-7-12-39(52)42-47-35-20-18-32(26-37(35)49-42)30-15-13-29(14-16-30)31-17-19-34-36(25-31)48-41(46-34)38-11-6-22-51(38)40(54)24-28-8-5-21-45-27-28/h2-5,8-10,13-21,25-27,38-39H,6-7,11-12,22-24H2,1H3,(H,46,48)(H,47,49)(H,50,55)/t38-,39-/m0/s1. The number of aromatic amines is 2. The van der Waals surface area contributed by atoms with Crippen molar-refractivity contribution >= 4 is 45.8 Å². The van der Waals surface area contributed by atoms with E-state index >= 15 is 0 Å². The van der Waals surface area contributed by atoms with Crippen molar-refractivity contribution in [2.45, 2.75) is 44.2 Å². The third-order valence-electron chi connectivity index (χ3n) is 10.9. The smallest absolute Gasteiger partial charge is 0.426 e. The molecule has 3 aromatic heterocycles. The molecule has 2 fully saturated rings. The normalized spacial score (nSPS) is 16.6. The first kappa shape index (κ1) is 35.7. The maximum absolute atomic E-state index is 13.9. The lowest BCUT2D eigenvalue weighted by Gasteiger charge is -2.30. The van der Waals surface area contributed by atoms with E-state index in [0.29, 0.717) is 24.5 Å². The van der Waals surface area contributed by atoms with Gasteiger partial charge >= 0.3 is 12.1 Å². The largest absolute Gasteiger partial charge is 0.452 e. The Bertz CT molecular complexity index is 2570. The van der Waals surface area contributed by atoms with Crippen LogP contribution in [0.4, 0.5) is 15.3 Å². The number of anilines is 1. The van der Waals surface area contributed by atoms with Crippen molar-refractivity contribution in [2.24, 2.45) is 0 Å². The van der Waals surface area contributed by atoms with Crippen LogP contribution >= 0.6 is 0 Å². The highest BCUT2D eigenvalue weighted by Crippen LogP contribution is 2.36. The lowest BCUT2D eigenvalue weighted by Crippen LogP contribution is -2.52. The number of carbonyl (C=O) groups excluding carboxylic acids is 3. The predicted octanol–water partition coefficient (Wildman–Crippen LogP) is 8.11. The Hall–Kier alpha value is -7.02. The zero-order valence-electron chi connectivity index (χ0n) is 31.4. The number of nitrogens with zero attached hydrogens (tertiary/aromatic N) is 6. The highest BCUT2D eigenvalue weighted by atomic mass is 16.5. The summed E-state index contributed by atoms with van der Waals surface area (Å²) in [5.41, 5.74) is 11.7. The molecule has 2 atom stereocenters. The van der Waals surface area contributed by atoms with E-state index in [9.17, 15) is 14.4 Å². The molecule has 7 aromatic rings. The highest BCUT2D eigenvalue weighted by molar-refractivity contribution is 5.94. The third-order valence-corrected chi connectivity index (χ3v) is 10.9. The van der Waals surface area contributed by atoms with Gasteiger partial charge in [0.25, 0.3) is 0 Å². The molecule has 2 saturated heterocycles. The minimum Gasteiger partial charge on any atom is -0.452 e. The first-order chi connectivity index (χ1) is 27.9. The first-order valence-corrected chi connectivity index (χ1v) is 19.2. The van der Waals surface area contributed by atoms with E-state index in [1.165, 1.54) is 12.1 Å². The number of hydrogen-bond donors (Lipinski definition) is 3. The van der Waals surface area contributed by atoms with Crippen LogP contribution in [0.1, 0.15) is 55.0 Å². The Labute approximate surface area is 328 Å². The number of urea groups is 1. The number of para-hydroxylation sites is 1. The van der Waals surface area contributed by atoms with Crippen molar-refractivity contribution in [1.29, 1.82) is 0 Å². The number of fused-ring (bicyclic) bond motifs is 2. The van der Waals surface area contributed by atoms with Crippen molar-refractivity contribution in [3.63, 3.8) is 0 Å². The molecule has 0 saturated carbocycles. The number of methoxy groups -OCH3 is 1. The van der Waals surface area contributed by atoms with E-state index in [1.54, 1.807) is 41.6 Å². The fourth-order valence-electron chi connectivity index (χ4n) is 8.06. The number of benzene rings is 4. The van der Waals surface area contributed by atoms with Crippen molar-refractivity contribution < 1.29 is 19.1 Å². The molecule has 9 rings (SSSR count). The molecular weight excluding hydrogens is 719 g/mol. The van der Waals surface area contributed by atoms with Gasteiger partial charge < -0.3 is 24.5 Å². The van der Waals surface area contributed by atoms with Gasteiger partial charge in [0.2, 0.25) is 5.91 Å². The summed E-state index contributed by atoms with van der Waals surface area (Å²) in [7, 11) is 1.26. The summed E-state index contributed by atoms with van der Waals surface area (Å²) in [6.07, 6.45) is 6.41. The molecule has 2 aliphatic rings. The predicted molar refractivity (Wildman–Crippen MR) is 217 cm³/mol. The molecule has 2 aliphatic heterocycles. The van der Waals surface area contributed by atoms with Crippen molar-refractivity contribution in [1.82, 2.24) is 40.1 Å². The number of hydrogen-bond acceptors (Lipinski definition) is 7. The fourth-order valence-corrected chi connectivity index (χ4v) is 8.06. The van der Waals surface area contributed by atoms with Crippen LogP contribution in [-0.4, -0.2) is 73.0 Å². The Morgan fingerprint density at radius 1 is 0.737 bits per heavy atom. The van der Waals surface area contributed by atoms with Crippen molar-refractivity contribution in [3.8, 4) is 22.3 Å². The molecule has 286 valence electrons. The molecule has 13 heteroatoms. The molecule has 0 bridgehead atoms. The summed E-state index contributed by atoms with van der Waals surface area (Å²) in [5.74, 6) is 1.61. The minimum absolute atomic E-state index is 0.0764. The lowest BCUT2D eigenvalue weighted by atomic mass is 10.00. The van der Waals surface area contributed by atoms with Gasteiger partial charge in [-0.25, -0.2) is 25.0 Å². The number of imidazole rings is 2. The Kier molecular flexibility index (Phi) is 9.54. The minimum atomic E-state index is -0.737. The van der Waals surface area contributed by atoms with Crippen LogP contribution in [0.25, 0.3) is 44.3 Å². The van der Waals surface area contributed by atoms with Crippen LogP contribution in [0.3, 0.4) is 0 Å². The van der Waals surface area contributed by atoms with Crippen LogP contribution in [-0.2, 0) is 16.0 Å².